The minimum Gasteiger partial charge on any atom is -0.493 e. The van der Waals surface area contributed by atoms with Crippen molar-refractivity contribution in [3.63, 3.8) is 0 Å². The summed E-state index contributed by atoms with van der Waals surface area (Å²) in [6, 6.07) is 12.2. The van der Waals surface area contributed by atoms with Crippen LogP contribution in [0.1, 0.15) is 60.4 Å². The monoisotopic (exact) mass is 488 g/mol. The lowest BCUT2D eigenvalue weighted by molar-refractivity contribution is -0.116. The molecule has 1 aliphatic heterocycles. The third-order valence-electron chi connectivity index (χ3n) is 7.00. The second-order valence-electron chi connectivity index (χ2n) is 9.47. The van der Waals surface area contributed by atoms with Gasteiger partial charge in [-0.2, -0.15) is 9.78 Å². The Kier molecular flexibility index (Phi) is 5.48. The number of rotatable bonds is 5. The van der Waals surface area contributed by atoms with Crippen LogP contribution in [0.4, 0.5) is 5.82 Å². The maximum atomic E-state index is 12.9. The first kappa shape index (κ1) is 22.1. The minimum atomic E-state index is -0.124. The number of nitrogens with zero attached hydrogens (tertiary/aromatic N) is 3. The van der Waals surface area contributed by atoms with Crippen LogP contribution in [-0.2, 0) is 4.79 Å². The lowest BCUT2D eigenvalue weighted by Crippen LogP contribution is -2.25. The van der Waals surface area contributed by atoms with Crippen LogP contribution in [-0.4, -0.2) is 33.9 Å². The molecule has 1 amide bonds. The molecule has 180 valence electrons. The van der Waals surface area contributed by atoms with Crippen molar-refractivity contribution >= 4 is 33.3 Å². The molecule has 1 N–H and O–H groups in total. The number of amides is 1. The van der Waals surface area contributed by atoms with Crippen molar-refractivity contribution in [1.29, 1.82) is 0 Å². The Hall–Kier alpha value is -3.39. The zero-order valence-electron chi connectivity index (χ0n) is 20.1. The molecule has 1 fully saturated rings. The van der Waals surface area contributed by atoms with Gasteiger partial charge in [0.15, 0.2) is 11.5 Å². The smallest absolute Gasteiger partial charge is 0.226 e. The van der Waals surface area contributed by atoms with Gasteiger partial charge in [0.05, 0.1) is 29.1 Å². The van der Waals surface area contributed by atoms with Crippen molar-refractivity contribution in [3.05, 3.63) is 58.8 Å². The van der Waals surface area contributed by atoms with Crippen molar-refractivity contribution in [3.8, 4) is 16.6 Å². The summed E-state index contributed by atoms with van der Waals surface area (Å²) < 4.78 is 14.8. The fourth-order valence-corrected chi connectivity index (χ4v) is 6.29. The van der Waals surface area contributed by atoms with Crippen molar-refractivity contribution in [2.24, 2.45) is 0 Å². The third kappa shape index (κ3) is 3.95. The summed E-state index contributed by atoms with van der Waals surface area (Å²) in [4.78, 5) is 17.7. The van der Waals surface area contributed by atoms with Crippen LogP contribution in [0.3, 0.4) is 0 Å². The van der Waals surface area contributed by atoms with Gasteiger partial charge in [0, 0.05) is 17.9 Å². The Bertz CT molecular complexity index is 1430. The fourth-order valence-electron chi connectivity index (χ4n) is 5.27. The molecule has 4 aromatic rings. The molecule has 0 radical (unpaired) electrons. The van der Waals surface area contributed by atoms with Gasteiger partial charge in [0.25, 0.3) is 0 Å². The Labute approximate surface area is 208 Å². The van der Waals surface area contributed by atoms with Gasteiger partial charge in [0.2, 0.25) is 11.0 Å². The maximum absolute atomic E-state index is 12.9. The zero-order valence-corrected chi connectivity index (χ0v) is 20.9. The molecule has 8 heteroatoms. The molecule has 0 spiro atoms. The van der Waals surface area contributed by atoms with E-state index in [1.54, 1.807) is 23.1 Å². The van der Waals surface area contributed by atoms with Gasteiger partial charge in [-0.25, -0.2) is 4.98 Å². The predicted molar refractivity (Wildman–Crippen MR) is 137 cm³/mol. The normalized spacial score (nSPS) is 18.0. The lowest BCUT2D eigenvalue weighted by atomic mass is 9.85. The summed E-state index contributed by atoms with van der Waals surface area (Å²) in [7, 11) is 1.66. The molecule has 3 heterocycles. The maximum Gasteiger partial charge on any atom is 0.226 e. The van der Waals surface area contributed by atoms with Crippen molar-refractivity contribution < 1.29 is 14.3 Å². The molecule has 1 aliphatic carbocycles. The number of aromatic nitrogens is 3. The van der Waals surface area contributed by atoms with Crippen LogP contribution >= 0.6 is 11.3 Å². The molecule has 0 bridgehead atoms. The van der Waals surface area contributed by atoms with E-state index in [-0.39, 0.29) is 17.9 Å². The number of ether oxygens (including phenoxy) is 2. The summed E-state index contributed by atoms with van der Waals surface area (Å²) in [6.45, 7) is 4.07. The highest BCUT2D eigenvalue weighted by Gasteiger charge is 2.34. The Balaban J connectivity index is 1.42. The van der Waals surface area contributed by atoms with Crippen molar-refractivity contribution in [2.45, 2.75) is 58.0 Å². The number of nitrogens with one attached hydrogen (secondary N) is 1. The van der Waals surface area contributed by atoms with Crippen LogP contribution in [0, 0.1) is 13.8 Å². The molecule has 7 nitrogen and oxygen atoms in total. The highest BCUT2D eigenvalue weighted by atomic mass is 32.1. The van der Waals surface area contributed by atoms with Gasteiger partial charge in [0.1, 0.15) is 5.82 Å². The molecule has 2 aromatic carbocycles. The van der Waals surface area contributed by atoms with E-state index in [0.29, 0.717) is 12.2 Å². The third-order valence-corrected chi connectivity index (χ3v) is 8.00. The van der Waals surface area contributed by atoms with Crippen LogP contribution < -0.4 is 14.8 Å². The lowest BCUT2D eigenvalue weighted by Gasteiger charge is -2.25. The average molecular weight is 489 g/mol. The number of carbonyl (C=O) groups excluding carboxylic acids is 1. The number of thiazole rings is 1. The van der Waals surface area contributed by atoms with Gasteiger partial charge in [-0.3, -0.25) is 4.79 Å². The Morgan fingerprint density at radius 2 is 1.91 bits per heavy atom. The molecule has 2 aromatic heterocycles. The molecule has 6 rings (SSSR count). The first-order valence-electron chi connectivity index (χ1n) is 12.1. The average Bonchev–Trinajstić information content (AvgIpc) is 3.57. The minimum absolute atomic E-state index is 0.0327. The zero-order chi connectivity index (χ0) is 24.1. The highest BCUT2D eigenvalue weighted by molar-refractivity contribution is 7.20. The molecule has 1 saturated carbocycles. The second-order valence-corrected chi connectivity index (χ2v) is 10.5. The molecular formula is C27H28N4O3S. The number of hydrogen-bond donors (Lipinski definition) is 1. The van der Waals surface area contributed by atoms with E-state index in [4.69, 9.17) is 19.6 Å². The van der Waals surface area contributed by atoms with Crippen molar-refractivity contribution in [1.82, 2.24) is 14.8 Å². The summed E-state index contributed by atoms with van der Waals surface area (Å²) in [5.41, 5.74) is 5.05. The number of methoxy groups -OCH3 is 1. The second kappa shape index (κ2) is 8.68. The van der Waals surface area contributed by atoms with E-state index >= 15 is 0 Å². The summed E-state index contributed by atoms with van der Waals surface area (Å²) in [5.74, 6) is 2.01. The van der Waals surface area contributed by atoms with E-state index in [9.17, 15) is 4.79 Å². The molecule has 35 heavy (non-hydrogen) atoms. The summed E-state index contributed by atoms with van der Waals surface area (Å²) in [6.07, 6.45) is 5.10. The Morgan fingerprint density at radius 3 is 2.71 bits per heavy atom. The van der Waals surface area contributed by atoms with Crippen LogP contribution in [0.2, 0.25) is 0 Å². The first-order valence-corrected chi connectivity index (χ1v) is 12.9. The van der Waals surface area contributed by atoms with Crippen LogP contribution in [0.15, 0.2) is 36.4 Å². The highest BCUT2D eigenvalue weighted by Crippen LogP contribution is 2.43. The Morgan fingerprint density at radius 1 is 1.09 bits per heavy atom. The predicted octanol–water partition coefficient (Wildman–Crippen LogP) is 5.90. The fraction of sp³-hybridized carbons (Fsp3) is 0.370. The van der Waals surface area contributed by atoms with E-state index in [2.05, 4.69) is 24.4 Å². The number of anilines is 1. The first-order chi connectivity index (χ1) is 17.0. The standard InChI is InChI=1S/C27H28N4O3S/c1-15-8-10-20-23(12-15)35-27(28-20)31-26-25(16(2)30-31)19(14-24(32)29-26)17-9-11-21(33-3)22(13-17)34-18-6-4-5-7-18/h8-13,18-19H,4-7,14H2,1-3H3,(H,29,32). The number of hydrogen-bond acceptors (Lipinski definition) is 6. The van der Waals surface area contributed by atoms with E-state index in [0.717, 1.165) is 56.5 Å². The van der Waals surface area contributed by atoms with E-state index < -0.39 is 0 Å². The van der Waals surface area contributed by atoms with E-state index in [1.807, 2.05) is 31.2 Å². The molecular weight excluding hydrogens is 460 g/mol. The number of benzene rings is 2. The largest absolute Gasteiger partial charge is 0.493 e. The van der Waals surface area contributed by atoms with Crippen LogP contribution in [0.5, 0.6) is 11.5 Å². The summed E-state index contributed by atoms with van der Waals surface area (Å²) >= 11 is 1.58. The van der Waals surface area contributed by atoms with Crippen LogP contribution in [0.25, 0.3) is 15.3 Å². The SMILES string of the molecule is COc1ccc(C2CC(=O)Nc3c2c(C)nn3-c2nc3ccc(C)cc3s2)cc1OC1CCCC1. The van der Waals surface area contributed by atoms with Gasteiger partial charge >= 0.3 is 0 Å². The molecule has 0 saturated heterocycles. The van der Waals surface area contributed by atoms with E-state index in [1.165, 1.54) is 18.4 Å². The van der Waals surface area contributed by atoms with Gasteiger partial charge in [-0.15, -0.1) is 0 Å². The number of fused-ring (bicyclic) bond motifs is 2. The molecule has 1 unspecified atom stereocenters. The molecule has 2 aliphatic rings. The van der Waals surface area contributed by atoms with Gasteiger partial charge < -0.3 is 14.8 Å². The topological polar surface area (TPSA) is 78.3 Å². The molecule has 1 atom stereocenters. The number of carbonyl (C=O) groups is 1. The van der Waals surface area contributed by atoms with Gasteiger partial charge in [-0.05, 0) is 74.9 Å². The number of aryl methyl sites for hydroxylation is 2. The van der Waals surface area contributed by atoms with Gasteiger partial charge in [-0.1, -0.05) is 23.5 Å². The summed E-state index contributed by atoms with van der Waals surface area (Å²) in [5, 5.41) is 8.64. The van der Waals surface area contributed by atoms with Crippen molar-refractivity contribution in [2.75, 3.05) is 12.4 Å². The quantitative estimate of drug-likeness (QED) is 0.378.